The number of aliphatic carboxylic acids is 1. The number of carbonyl (C=O) groups is 1. The summed E-state index contributed by atoms with van der Waals surface area (Å²) >= 11 is 0. The smallest absolute Gasteiger partial charge is 0.475 e. The van der Waals surface area contributed by atoms with Crippen molar-refractivity contribution in [3.05, 3.63) is 0 Å². The maximum Gasteiger partial charge on any atom is 0.490 e. The van der Waals surface area contributed by atoms with Gasteiger partial charge >= 0.3 is 12.1 Å². The van der Waals surface area contributed by atoms with Crippen LogP contribution in [0.4, 0.5) is 13.2 Å². The van der Waals surface area contributed by atoms with E-state index in [4.69, 9.17) is 14.6 Å². The molecule has 20 heavy (non-hydrogen) atoms. The summed E-state index contributed by atoms with van der Waals surface area (Å²) in [7, 11) is 0. The molecular formula is C12H19F3N2O3. The summed E-state index contributed by atoms with van der Waals surface area (Å²) in [6.45, 7) is 7.15. The number of alkyl halides is 3. The van der Waals surface area contributed by atoms with E-state index in [-0.39, 0.29) is 0 Å². The lowest BCUT2D eigenvalue weighted by Crippen LogP contribution is -2.72. The van der Waals surface area contributed by atoms with Crippen molar-refractivity contribution in [2.75, 3.05) is 39.4 Å². The zero-order valence-electron chi connectivity index (χ0n) is 11.1. The fourth-order valence-corrected chi connectivity index (χ4v) is 2.83. The number of rotatable bonds is 1. The van der Waals surface area contributed by atoms with Crippen molar-refractivity contribution in [1.82, 2.24) is 10.2 Å². The Hall–Kier alpha value is -0.860. The summed E-state index contributed by atoms with van der Waals surface area (Å²) in [5.74, 6) is -2.76. The van der Waals surface area contributed by atoms with Crippen molar-refractivity contribution >= 4 is 5.97 Å². The van der Waals surface area contributed by atoms with Gasteiger partial charge in [0.1, 0.15) is 0 Å². The van der Waals surface area contributed by atoms with Gasteiger partial charge in [-0.05, 0) is 12.8 Å². The first kappa shape index (κ1) is 15.5. The molecule has 3 aliphatic rings. The number of likely N-dealkylation sites (tertiary alicyclic amines) is 1. The van der Waals surface area contributed by atoms with Gasteiger partial charge in [0, 0.05) is 50.8 Å². The quantitative estimate of drug-likeness (QED) is 0.746. The van der Waals surface area contributed by atoms with Crippen LogP contribution in [0.5, 0.6) is 0 Å². The van der Waals surface area contributed by atoms with Crippen LogP contribution in [0.1, 0.15) is 12.8 Å². The molecule has 3 heterocycles. The molecule has 0 aliphatic carbocycles. The highest BCUT2D eigenvalue weighted by Crippen LogP contribution is 2.37. The number of nitrogens with one attached hydrogen (secondary N) is 1. The second kappa shape index (κ2) is 5.87. The van der Waals surface area contributed by atoms with E-state index in [1.807, 2.05) is 0 Å². The average Bonchev–Trinajstić information content (AvgIpc) is 2.26. The highest BCUT2D eigenvalue weighted by molar-refractivity contribution is 5.73. The van der Waals surface area contributed by atoms with Crippen LogP contribution in [0.15, 0.2) is 0 Å². The Kier molecular flexibility index (Phi) is 4.55. The first-order chi connectivity index (χ1) is 9.32. The van der Waals surface area contributed by atoms with Crippen LogP contribution in [-0.2, 0) is 9.53 Å². The molecule has 0 aromatic heterocycles. The number of ether oxygens (including phenoxy) is 1. The Labute approximate surface area is 115 Å². The Morgan fingerprint density at radius 3 is 2.10 bits per heavy atom. The minimum atomic E-state index is -5.08. The maximum absolute atomic E-state index is 10.6. The summed E-state index contributed by atoms with van der Waals surface area (Å²) < 4.78 is 37.1. The van der Waals surface area contributed by atoms with E-state index in [9.17, 15) is 13.2 Å². The zero-order chi connectivity index (χ0) is 14.8. The second-order valence-corrected chi connectivity index (χ2v) is 5.65. The second-order valence-electron chi connectivity index (χ2n) is 5.65. The van der Waals surface area contributed by atoms with E-state index >= 15 is 0 Å². The SMILES string of the molecule is C1CC(N2CC3(CNC3)C2)CCO1.O=C(O)C(F)(F)F. The zero-order valence-corrected chi connectivity index (χ0v) is 11.1. The van der Waals surface area contributed by atoms with Crippen molar-refractivity contribution in [2.45, 2.75) is 25.1 Å². The molecule has 3 rings (SSSR count). The van der Waals surface area contributed by atoms with Crippen LogP contribution >= 0.6 is 0 Å². The van der Waals surface area contributed by atoms with E-state index in [2.05, 4.69) is 10.2 Å². The molecule has 0 atom stereocenters. The fourth-order valence-electron chi connectivity index (χ4n) is 2.83. The Balaban J connectivity index is 0.000000182. The van der Waals surface area contributed by atoms with Gasteiger partial charge in [-0.2, -0.15) is 13.2 Å². The third-order valence-electron chi connectivity index (χ3n) is 4.03. The molecule has 0 aromatic carbocycles. The lowest BCUT2D eigenvalue weighted by Gasteiger charge is -2.59. The van der Waals surface area contributed by atoms with Gasteiger partial charge in [0.2, 0.25) is 0 Å². The third kappa shape index (κ3) is 3.62. The van der Waals surface area contributed by atoms with E-state index in [0.29, 0.717) is 5.41 Å². The summed E-state index contributed by atoms with van der Waals surface area (Å²) in [6, 6.07) is 0.833. The van der Waals surface area contributed by atoms with Crippen LogP contribution in [-0.4, -0.2) is 67.6 Å². The van der Waals surface area contributed by atoms with Gasteiger partial charge in [0.25, 0.3) is 0 Å². The lowest BCUT2D eigenvalue weighted by atomic mass is 9.73. The van der Waals surface area contributed by atoms with Gasteiger partial charge < -0.3 is 15.2 Å². The van der Waals surface area contributed by atoms with Crippen molar-refractivity contribution in [2.24, 2.45) is 5.41 Å². The average molecular weight is 296 g/mol. The summed E-state index contributed by atoms with van der Waals surface area (Å²) in [5.41, 5.74) is 0.693. The Morgan fingerprint density at radius 2 is 1.75 bits per heavy atom. The number of halogens is 3. The highest BCUT2D eigenvalue weighted by atomic mass is 19.4. The number of hydrogen-bond donors (Lipinski definition) is 2. The predicted octanol–water partition coefficient (Wildman–Crippen LogP) is 0.704. The van der Waals surface area contributed by atoms with Gasteiger partial charge in [-0.25, -0.2) is 4.79 Å². The third-order valence-corrected chi connectivity index (χ3v) is 4.03. The van der Waals surface area contributed by atoms with Gasteiger partial charge in [-0.15, -0.1) is 0 Å². The van der Waals surface area contributed by atoms with Gasteiger partial charge in [-0.3, -0.25) is 4.90 Å². The molecule has 3 fully saturated rings. The molecule has 5 nitrogen and oxygen atoms in total. The Morgan fingerprint density at radius 1 is 1.25 bits per heavy atom. The molecule has 0 unspecified atom stereocenters. The number of carboxylic acids is 1. The highest BCUT2D eigenvalue weighted by Gasteiger charge is 2.49. The Bertz CT molecular complexity index is 344. The van der Waals surface area contributed by atoms with Crippen molar-refractivity contribution in [3.8, 4) is 0 Å². The number of carboxylic acid groups (broad SMARTS) is 1. The molecule has 0 aromatic rings. The maximum atomic E-state index is 10.6. The summed E-state index contributed by atoms with van der Waals surface area (Å²) in [6.07, 6.45) is -2.58. The topological polar surface area (TPSA) is 61.8 Å². The van der Waals surface area contributed by atoms with Crippen LogP contribution in [0.2, 0.25) is 0 Å². The van der Waals surface area contributed by atoms with Crippen molar-refractivity contribution in [3.63, 3.8) is 0 Å². The summed E-state index contributed by atoms with van der Waals surface area (Å²) in [5, 5.41) is 10.5. The fraction of sp³-hybridized carbons (Fsp3) is 0.917. The van der Waals surface area contributed by atoms with E-state index < -0.39 is 12.1 Å². The number of nitrogens with zero attached hydrogens (tertiary/aromatic N) is 1. The van der Waals surface area contributed by atoms with Gasteiger partial charge in [0.15, 0.2) is 0 Å². The molecule has 116 valence electrons. The van der Waals surface area contributed by atoms with E-state index in [1.54, 1.807) is 0 Å². The van der Waals surface area contributed by atoms with Crippen LogP contribution < -0.4 is 5.32 Å². The molecule has 0 bridgehead atoms. The molecular weight excluding hydrogens is 277 g/mol. The molecule has 2 N–H and O–H groups in total. The van der Waals surface area contributed by atoms with Crippen LogP contribution in [0.3, 0.4) is 0 Å². The molecule has 3 saturated heterocycles. The standard InChI is InChI=1S/C10H18N2O.C2HF3O2/c1-3-13-4-2-9(1)12-7-10(8-12)5-11-6-10;3-2(4,5)1(6)7/h9,11H,1-8H2;(H,6,7). The molecule has 0 amide bonds. The molecule has 0 saturated carbocycles. The monoisotopic (exact) mass is 296 g/mol. The molecule has 3 aliphatic heterocycles. The van der Waals surface area contributed by atoms with E-state index in [0.717, 1.165) is 19.3 Å². The first-order valence-electron chi connectivity index (χ1n) is 6.65. The van der Waals surface area contributed by atoms with Gasteiger partial charge in [0.05, 0.1) is 0 Å². The minimum absolute atomic E-state index is 0.693. The first-order valence-corrected chi connectivity index (χ1v) is 6.65. The van der Waals surface area contributed by atoms with Crippen molar-refractivity contribution < 1.29 is 27.8 Å². The predicted molar refractivity (Wildman–Crippen MR) is 64.4 cm³/mol. The molecule has 1 spiro atoms. The normalized spacial score (nSPS) is 26.1. The summed E-state index contributed by atoms with van der Waals surface area (Å²) in [4.78, 5) is 11.6. The minimum Gasteiger partial charge on any atom is -0.475 e. The van der Waals surface area contributed by atoms with E-state index in [1.165, 1.54) is 39.0 Å². The largest absolute Gasteiger partial charge is 0.490 e. The van der Waals surface area contributed by atoms with Crippen LogP contribution in [0, 0.1) is 5.41 Å². The molecule has 0 radical (unpaired) electrons. The van der Waals surface area contributed by atoms with Crippen LogP contribution in [0.25, 0.3) is 0 Å². The number of hydrogen-bond acceptors (Lipinski definition) is 4. The van der Waals surface area contributed by atoms with Gasteiger partial charge in [-0.1, -0.05) is 0 Å². The molecule has 8 heteroatoms. The van der Waals surface area contributed by atoms with Crippen molar-refractivity contribution in [1.29, 1.82) is 0 Å². The lowest BCUT2D eigenvalue weighted by molar-refractivity contribution is -0.192.